The van der Waals surface area contributed by atoms with Crippen molar-refractivity contribution in [1.82, 2.24) is 10.2 Å². The normalized spacial score (nSPS) is 20.2. The predicted molar refractivity (Wildman–Crippen MR) is 155 cm³/mol. The largest absolute Gasteiger partial charge is 0.493 e. The third-order valence-electron chi connectivity index (χ3n) is 7.90. The number of para-hydroxylation sites is 1. The number of amides is 2. The van der Waals surface area contributed by atoms with Crippen molar-refractivity contribution in [2.75, 3.05) is 27.4 Å². The lowest BCUT2D eigenvalue weighted by atomic mass is 9.77. The maximum atomic E-state index is 14.2. The summed E-state index contributed by atoms with van der Waals surface area (Å²) in [6.45, 7) is -0.323. The molecule has 4 atom stereocenters. The first kappa shape index (κ1) is 29.0. The Morgan fingerprint density at radius 2 is 1.93 bits per heavy atom. The molecule has 44 heavy (non-hydrogen) atoms. The minimum absolute atomic E-state index is 0.00374. The first-order chi connectivity index (χ1) is 21.4. The van der Waals surface area contributed by atoms with Gasteiger partial charge in [0.1, 0.15) is 18.5 Å². The number of aldehydes is 1. The standard InChI is InChI=1S/C32H30N2O10/c1-40-23-5-3-4-19-12-25(43-28(19)23)32(39)34(14-17-6-9-42-16-17)22-13-21(31(38)33-7-8-35)26-20-10-18(15-36)11-24(41-2)29(20)44-30(26)27(22)37/h3-6,9-13,15-16,22,26-27,30,35,37H,7-8,14H2,1-2H3,(H,33,38)/t22-,26+,27+,30+/m1/s1. The van der Waals surface area contributed by atoms with Crippen LogP contribution in [0.1, 0.15) is 38.0 Å². The molecule has 0 fully saturated rings. The van der Waals surface area contributed by atoms with Crippen molar-refractivity contribution in [2.24, 2.45) is 0 Å². The Morgan fingerprint density at radius 3 is 2.64 bits per heavy atom. The van der Waals surface area contributed by atoms with Crippen LogP contribution in [0, 0.1) is 0 Å². The van der Waals surface area contributed by atoms with Gasteiger partial charge in [-0.3, -0.25) is 14.4 Å². The molecule has 0 bridgehead atoms. The molecule has 4 aromatic rings. The van der Waals surface area contributed by atoms with Crippen LogP contribution in [0.5, 0.6) is 17.2 Å². The lowest BCUT2D eigenvalue weighted by Gasteiger charge is -2.40. The van der Waals surface area contributed by atoms with Crippen molar-refractivity contribution < 1.29 is 47.6 Å². The number of nitrogens with one attached hydrogen (secondary N) is 1. The van der Waals surface area contributed by atoms with Crippen LogP contribution in [-0.4, -0.2) is 78.8 Å². The van der Waals surface area contributed by atoms with Crippen LogP contribution in [0.3, 0.4) is 0 Å². The smallest absolute Gasteiger partial charge is 0.290 e. The molecular weight excluding hydrogens is 572 g/mol. The van der Waals surface area contributed by atoms with Crippen LogP contribution in [0.15, 0.2) is 75.5 Å². The maximum absolute atomic E-state index is 14.2. The molecule has 0 saturated heterocycles. The van der Waals surface area contributed by atoms with Gasteiger partial charge in [-0.2, -0.15) is 0 Å². The third kappa shape index (κ3) is 4.97. The lowest BCUT2D eigenvalue weighted by molar-refractivity contribution is -0.118. The number of rotatable bonds is 10. The molecule has 12 heteroatoms. The van der Waals surface area contributed by atoms with E-state index in [0.717, 1.165) is 0 Å². The topological polar surface area (TPSA) is 161 Å². The van der Waals surface area contributed by atoms with E-state index in [1.807, 2.05) is 0 Å². The summed E-state index contributed by atoms with van der Waals surface area (Å²) >= 11 is 0. The zero-order chi connectivity index (χ0) is 31.0. The van der Waals surface area contributed by atoms with E-state index in [9.17, 15) is 24.6 Å². The molecule has 2 aromatic carbocycles. The molecule has 0 radical (unpaired) electrons. The molecule has 3 heterocycles. The Balaban J connectivity index is 1.47. The molecule has 228 valence electrons. The van der Waals surface area contributed by atoms with Crippen molar-refractivity contribution in [2.45, 2.75) is 30.7 Å². The van der Waals surface area contributed by atoms with E-state index < -0.39 is 36.0 Å². The number of carbonyl (C=O) groups is 3. The monoisotopic (exact) mass is 602 g/mol. The highest BCUT2D eigenvalue weighted by atomic mass is 16.5. The second kappa shape index (κ2) is 11.9. The van der Waals surface area contributed by atoms with E-state index in [-0.39, 0.29) is 42.5 Å². The number of fused-ring (bicyclic) bond motifs is 4. The van der Waals surface area contributed by atoms with Gasteiger partial charge in [0, 0.05) is 40.7 Å². The highest BCUT2D eigenvalue weighted by molar-refractivity contribution is 5.99. The minimum Gasteiger partial charge on any atom is -0.493 e. The second-order valence-corrected chi connectivity index (χ2v) is 10.5. The van der Waals surface area contributed by atoms with Crippen molar-refractivity contribution in [1.29, 1.82) is 0 Å². The zero-order valence-electron chi connectivity index (χ0n) is 23.9. The molecule has 1 aliphatic carbocycles. The molecule has 0 unspecified atom stereocenters. The predicted octanol–water partition coefficient (Wildman–Crippen LogP) is 2.82. The van der Waals surface area contributed by atoms with Crippen LogP contribution in [0.4, 0.5) is 0 Å². The average molecular weight is 603 g/mol. The van der Waals surface area contributed by atoms with Crippen LogP contribution < -0.4 is 19.5 Å². The SMILES string of the molecule is COc1cc(C=O)cc2c1O[C@@H]1[C@@H](O)[C@H](N(Cc3ccoc3)C(=O)c3cc4cccc(OC)c4o3)C=C(C(=O)NCCO)[C@H]21. The number of aliphatic hydroxyl groups is 2. The summed E-state index contributed by atoms with van der Waals surface area (Å²) in [5, 5.41) is 24.6. The molecule has 3 N–H and O–H groups in total. The van der Waals surface area contributed by atoms with Crippen molar-refractivity contribution in [3.05, 3.63) is 89.1 Å². The molecule has 12 nitrogen and oxygen atoms in total. The van der Waals surface area contributed by atoms with Gasteiger partial charge in [0.15, 0.2) is 28.6 Å². The van der Waals surface area contributed by atoms with Crippen LogP contribution in [0.25, 0.3) is 11.0 Å². The third-order valence-corrected chi connectivity index (χ3v) is 7.90. The number of carbonyl (C=O) groups excluding carboxylic acids is 3. The van der Waals surface area contributed by atoms with Crippen molar-refractivity contribution in [3.63, 3.8) is 0 Å². The number of benzene rings is 2. The summed E-state index contributed by atoms with van der Waals surface area (Å²) < 4.78 is 28.3. The fourth-order valence-corrected chi connectivity index (χ4v) is 5.89. The fraction of sp³-hybridized carbons (Fsp3) is 0.281. The molecule has 0 saturated carbocycles. The van der Waals surface area contributed by atoms with Crippen LogP contribution in [-0.2, 0) is 11.3 Å². The molecule has 2 aromatic heterocycles. The van der Waals surface area contributed by atoms with Crippen molar-refractivity contribution >= 4 is 29.1 Å². The summed E-state index contributed by atoms with van der Waals surface area (Å²) in [7, 11) is 2.92. The average Bonchev–Trinajstić information content (AvgIpc) is 3.81. The number of aliphatic hydroxyl groups excluding tert-OH is 2. The number of hydrogen-bond acceptors (Lipinski definition) is 10. The zero-order valence-corrected chi connectivity index (χ0v) is 23.9. The number of furan rings is 2. The Bertz CT molecular complexity index is 1740. The quantitative estimate of drug-likeness (QED) is 0.230. The van der Waals surface area contributed by atoms with E-state index in [1.165, 1.54) is 43.8 Å². The summed E-state index contributed by atoms with van der Waals surface area (Å²) in [4.78, 5) is 40.9. The molecule has 1 aliphatic heterocycles. The molecule has 2 aliphatic rings. The fourth-order valence-electron chi connectivity index (χ4n) is 5.89. The Hall–Kier alpha value is -5.07. The Labute approximate surface area is 251 Å². The highest BCUT2D eigenvalue weighted by Gasteiger charge is 2.51. The Morgan fingerprint density at radius 1 is 1.11 bits per heavy atom. The van der Waals surface area contributed by atoms with Gasteiger partial charge in [0.05, 0.1) is 45.3 Å². The minimum atomic E-state index is -1.33. The maximum Gasteiger partial charge on any atom is 0.290 e. The van der Waals surface area contributed by atoms with Gasteiger partial charge in [0.25, 0.3) is 5.91 Å². The Kier molecular flexibility index (Phi) is 7.85. The summed E-state index contributed by atoms with van der Waals surface area (Å²) in [5.41, 5.74) is 2.00. The van der Waals surface area contributed by atoms with Gasteiger partial charge >= 0.3 is 0 Å². The molecule has 0 spiro atoms. The number of methoxy groups -OCH3 is 2. The molecule has 6 rings (SSSR count). The van der Waals surface area contributed by atoms with E-state index in [4.69, 9.17) is 23.0 Å². The van der Waals surface area contributed by atoms with E-state index in [1.54, 1.807) is 36.4 Å². The lowest BCUT2D eigenvalue weighted by Crippen LogP contribution is -2.55. The van der Waals surface area contributed by atoms with Gasteiger partial charge in [-0.1, -0.05) is 12.1 Å². The first-order valence-electron chi connectivity index (χ1n) is 13.9. The first-order valence-corrected chi connectivity index (χ1v) is 13.9. The number of nitrogens with zero attached hydrogens (tertiary/aromatic N) is 1. The highest BCUT2D eigenvalue weighted by Crippen LogP contribution is 2.51. The second-order valence-electron chi connectivity index (χ2n) is 10.5. The number of hydrogen-bond donors (Lipinski definition) is 3. The van der Waals surface area contributed by atoms with E-state index in [0.29, 0.717) is 39.7 Å². The van der Waals surface area contributed by atoms with Gasteiger partial charge in [0.2, 0.25) is 5.91 Å². The van der Waals surface area contributed by atoms with Gasteiger partial charge in [-0.05, 0) is 36.4 Å². The molecular formula is C32H30N2O10. The van der Waals surface area contributed by atoms with Crippen LogP contribution in [0.2, 0.25) is 0 Å². The molecule has 2 amide bonds. The van der Waals surface area contributed by atoms with Crippen molar-refractivity contribution in [3.8, 4) is 17.2 Å². The van der Waals surface area contributed by atoms with Crippen LogP contribution >= 0.6 is 0 Å². The van der Waals surface area contributed by atoms with Gasteiger partial charge < -0.3 is 43.5 Å². The number of ether oxygens (including phenoxy) is 3. The van der Waals surface area contributed by atoms with E-state index in [2.05, 4.69) is 5.32 Å². The summed E-state index contributed by atoms with van der Waals surface area (Å²) in [6, 6.07) is 10.6. The summed E-state index contributed by atoms with van der Waals surface area (Å²) in [6.07, 6.45) is 2.77. The van der Waals surface area contributed by atoms with Gasteiger partial charge in [-0.15, -0.1) is 0 Å². The summed E-state index contributed by atoms with van der Waals surface area (Å²) in [5.74, 6) is -0.894. The van der Waals surface area contributed by atoms with E-state index >= 15 is 0 Å². The van der Waals surface area contributed by atoms with Gasteiger partial charge in [-0.25, -0.2) is 0 Å².